The first-order valence-electron chi connectivity index (χ1n) is 6.49. The fourth-order valence-corrected chi connectivity index (χ4v) is 2.86. The lowest BCUT2D eigenvalue weighted by Crippen LogP contribution is -2.18. The van der Waals surface area contributed by atoms with Crippen LogP contribution in [0.15, 0.2) is 24.3 Å². The summed E-state index contributed by atoms with van der Waals surface area (Å²) in [6.07, 6.45) is 1.87. The van der Waals surface area contributed by atoms with Crippen molar-refractivity contribution >= 4 is 22.9 Å². The first kappa shape index (κ1) is 14.4. The lowest BCUT2D eigenvalue weighted by molar-refractivity contribution is 0.564. The average molecular weight is 296 g/mol. The van der Waals surface area contributed by atoms with Crippen molar-refractivity contribution in [1.29, 1.82) is 0 Å². The van der Waals surface area contributed by atoms with E-state index in [9.17, 15) is 0 Å². The summed E-state index contributed by atoms with van der Waals surface area (Å²) in [6.45, 7) is 5.28. The summed E-state index contributed by atoms with van der Waals surface area (Å²) < 4.78 is 0. The Morgan fingerprint density at radius 2 is 2.11 bits per heavy atom. The Morgan fingerprint density at radius 3 is 2.84 bits per heavy atom. The van der Waals surface area contributed by atoms with Crippen LogP contribution < -0.4 is 5.32 Å². The maximum Gasteiger partial charge on any atom is 0.134 e. The van der Waals surface area contributed by atoms with Crippen LogP contribution in [-0.2, 0) is 6.42 Å². The molecule has 0 bridgehead atoms. The molecular weight excluding hydrogens is 278 g/mol. The van der Waals surface area contributed by atoms with Crippen molar-refractivity contribution < 1.29 is 0 Å². The zero-order valence-electron chi connectivity index (χ0n) is 11.2. The number of nitrogens with one attached hydrogen (secondary N) is 1. The molecule has 1 aromatic carbocycles. The van der Waals surface area contributed by atoms with Crippen molar-refractivity contribution in [2.75, 3.05) is 6.54 Å². The van der Waals surface area contributed by atoms with Crippen LogP contribution in [0.1, 0.15) is 41.9 Å². The Kier molecular flexibility index (Phi) is 5.31. The molecule has 0 spiro atoms. The van der Waals surface area contributed by atoms with Crippen molar-refractivity contribution in [1.82, 2.24) is 15.5 Å². The molecule has 0 saturated carbocycles. The molecule has 0 aliphatic rings. The zero-order chi connectivity index (χ0) is 13.7. The third-order valence-electron chi connectivity index (χ3n) is 2.85. The minimum absolute atomic E-state index is 0.262. The smallest absolute Gasteiger partial charge is 0.134 e. The van der Waals surface area contributed by atoms with Crippen LogP contribution in [0.2, 0.25) is 5.02 Å². The van der Waals surface area contributed by atoms with Crippen molar-refractivity contribution in [2.45, 2.75) is 32.7 Å². The molecule has 0 amide bonds. The van der Waals surface area contributed by atoms with Gasteiger partial charge in [0.1, 0.15) is 10.0 Å². The van der Waals surface area contributed by atoms with E-state index in [2.05, 4.69) is 29.4 Å². The quantitative estimate of drug-likeness (QED) is 0.880. The summed E-state index contributed by atoms with van der Waals surface area (Å²) >= 11 is 7.81. The van der Waals surface area contributed by atoms with Crippen LogP contribution >= 0.6 is 22.9 Å². The lowest BCUT2D eigenvalue weighted by Gasteiger charge is -2.08. The molecule has 3 nitrogen and oxygen atoms in total. The Labute approximate surface area is 123 Å². The van der Waals surface area contributed by atoms with Crippen molar-refractivity contribution in [3.63, 3.8) is 0 Å². The molecule has 0 aliphatic carbocycles. The molecule has 1 N–H and O–H groups in total. The van der Waals surface area contributed by atoms with E-state index in [0.717, 1.165) is 40.0 Å². The SMILES string of the molecule is CCCNC(C)c1nnc(Cc2ccccc2Cl)s1. The number of hydrogen-bond acceptors (Lipinski definition) is 4. The second-order valence-corrected chi connectivity index (χ2v) is 5.98. The minimum Gasteiger partial charge on any atom is -0.308 e. The Bertz CT molecular complexity index is 527. The van der Waals surface area contributed by atoms with Gasteiger partial charge in [-0.3, -0.25) is 0 Å². The Hall–Kier alpha value is -0.970. The van der Waals surface area contributed by atoms with Gasteiger partial charge in [-0.15, -0.1) is 10.2 Å². The molecule has 0 saturated heterocycles. The molecule has 2 rings (SSSR count). The van der Waals surface area contributed by atoms with Crippen molar-refractivity contribution in [2.24, 2.45) is 0 Å². The highest BCUT2D eigenvalue weighted by molar-refractivity contribution is 7.11. The van der Waals surface area contributed by atoms with Gasteiger partial charge in [-0.25, -0.2) is 0 Å². The molecule has 19 heavy (non-hydrogen) atoms. The average Bonchev–Trinajstić information content (AvgIpc) is 2.87. The van der Waals surface area contributed by atoms with Crippen LogP contribution in [0, 0.1) is 0 Å². The minimum atomic E-state index is 0.262. The summed E-state index contributed by atoms with van der Waals surface area (Å²) in [6, 6.07) is 8.13. The fourth-order valence-electron chi connectivity index (χ4n) is 1.77. The van der Waals surface area contributed by atoms with E-state index >= 15 is 0 Å². The molecule has 0 fully saturated rings. The number of benzene rings is 1. The standard InChI is InChI=1S/C14H18ClN3S/c1-3-8-16-10(2)14-18-17-13(19-14)9-11-6-4-5-7-12(11)15/h4-7,10,16H,3,8-9H2,1-2H3. The fraction of sp³-hybridized carbons (Fsp3) is 0.429. The highest BCUT2D eigenvalue weighted by Gasteiger charge is 2.12. The van der Waals surface area contributed by atoms with Gasteiger partial charge in [-0.2, -0.15) is 0 Å². The number of halogens is 1. The molecule has 0 aliphatic heterocycles. The van der Waals surface area contributed by atoms with E-state index in [1.54, 1.807) is 11.3 Å². The van der Waals surface area contributed by atoms with Crippen LogP contribution in [0.5, 0.6) is 0 Å². The highest BCUT2D eigenvalue weighted by atomic mass is 35.5. The predicted octanol–water partition coefficient (Wildman–Crippen LogP) is 3.84. The van der Waals surface area contributed by atoms with E-state index in [1.165, 1.54) is 0 Å². The molecule has 1 aromatic heterocycles. The summed E-state index contributed by atoms with van der Waals surface area (Å²) in [5, 5.41) is 14.8. The molecule has 1 atom stereocenters. The number of rotatable bonds is 6. The monoisotopic (exact) mass is 295 g/mol. The zero-order valence-corrected chi connectivity index (χ0v) is 12.8. The Balaban J connectivity index is 2.03. The van der Waals surface area contributed by atoms with E-state index < -0.39 is 0 Å². The van der Waals surface area contributed by atoms with Gasteiger partial charge < -0.3 is 5.32 Å². The second-order valence-electron chi connectivity index (χ2n) is 4.48. The van der Waals surface area contributed by atoms with E-state index in [1.807, 2.05) is 24.3 Å². The summed E-state index contributed by atoms with van der Waals surface area (Å²) in [5.41, 5.74) is 1.10. The van der Waals surface area contributed by atoms with Gasteiger partial charge in [0.05, 0.1) is 6.04 Å². The highest BCUT2D eigenvalue weighted by Crippen LogP contribution is 2.23. The van der Waals surface area contributed by atoms with Crippen LogP contribution in [-0.4, -0.2) is 16.7 Å². The number of aromatic nitrogens is 2. The van der Waals surface area contributed by atoms with Crippen molar-refractivity contribution in [3.8, 4) is 0 Å². The second kappa shape index (κ2) is 6.98. The molecule has 102 valence electrons. The van der Waals surface area contributed by atoms with Gasteiger partial charge in [0, 0.05) is 11.4 Å². The Morgan fingerprint density at radius 1 is 1.32 bits per heavy atom. The van der Waals surface area contributed by atoms with Gasteiger partial charge in [0.25, 0.3) is 0 Å². The van der Waals surface area contributed by atoms with Gasteiger partial charge in [0.15, 0.2) is 0 Å². The summed E-state index contributed by atoms with van der Waals surface area (Å²) in [5.74, 6) is 0. The van der Waals surface area contributed by atoms with Crippen molar-refractivity contribution in [3.05, 3.63) is 44.9 Å². The van der Waals surface area contributed by atoms with E-state index in [0.29, 0.717) is 0 Å². The molecule has 1 unspecified atom stereocenters. The summed E-state index contributed by atoms with van der Waals surface area (Å²) in [4.78, 5) is 0. The molecule has 0 radical (unpaired) electrons. The van der Waals surface area contributed by atoms with E-state index in [-0.39, 0.29) is 6.04 Å². The van der Waals surface area contributed by atoms with Gasteiger partial charge in [-0.05, 0) is 31.5 Å². The predicted molar refractivity (Wildman–Crippen MR) is 80.9 cm³/mol. The lowest BCUT2D eigenvalue weighted by atomic mass is 10.2. The largest absolute Gasteiger partial charge is 0.308 e. The topological polar surface area (TPSA) is 37.8 Å². The molecule has 5 heteroatoms. The van der Waals surface area contributed by atoms with Crippen LogP contribution in [0.25, 0.3) is 0 Å². The normalized spacial score (nSPS) is 12.6. The van der Waals surface area contributed by atoms with E-state index in [4.69, 9.17) is 11.6 Å². The molecule has 2 aromatic rings. The maximum absolute atomic E-state index is 6.16. The number of hydrogen-bond donors (Lipinski definition) is 1. The molecular formula is C14H18ClN3S. The van der Waals surface area contributed by atoms with Gasteiger partial charge in [0.2, 0.25) is 0 Å². The summed E-state index contributed by atoms with van der Waals surface area (Å²) in [7, 11) is 0. The molecule has 1 heterocycles. The first-order chi connectivity index (χ1) is 9.20. The third-order valence-corrected chi connectivity index (χ3v) is 4.33. The maximum atomic E-state index is 6.16. The first-order valence-corrected chi connectivity index (χ1v) is 7.69. The number of nitrogens with zero attached hydrogens (tertiary/aromatic N) is 2. The van der Waals surface area contributed by atoms with Gasteiger partial charge >= 0.3 is 0 Å². The van der Waals surface area contributed by atoms with Crippen LogP contribution in [0.3, 0.4) is 0 Å². The third kappa shape index (κ3) is 4.00. The van der Waals surface area contributed by atoms with Gasteiger partial charge in [-0.1, -0.05) is 48.1 Å². The van der Waals surface area contributed by atoms with Crippen LogP contribution in [0.4, 0.5) is 0 Å².